The van der Waals surface area contributed by atoms with Crippen LogP contribution in [0.4, 0.5) is 5.69 Å². The van der Waals surface area contributed by atoms with Crippen LogP contribution < -0.4 is 10.9 Å². The van der Waals surface area contributed by atoms with Crippen LogP contribution in [0.25, 0.3) is 22.3 Å². The Morgan fingerprint density at radius 2 is 1.31 bits per heavy atom. The maximum atomic E-state index is 12.7. The first kappa shape index (κ1) is 31.6. The Hall–Kier alpha value is -3.64. The molecule has 0 saturated carbocycles. The van der Waals surface area contributed by atoms with Crippen molar-refractivity contribution in [2.45, 2.75) is 87.9 Å². The summed E-state index contributed by atoms with van der Waals surface area (Å²) < 4.78 is 6.16. The van der Waals surface area contributed by atoms with E-state index in [-0.39, 0.29) is 0 Å². The molecule has 0 aliphatic rings. The molecular weight excluding hydrogens is 488 g/mol. The number of carbonyl (C=O) groups excluding carboxylic acids is 1. The fourth-order valence-electron chi connectivity index (χ4n) is 4.72. The van der Waals surface area contributed by atoms with E-state index in [1.165, 1.54) is 5.56 Å². The van der Waals surface area contributed by atoms with Gasteiger partial charge in [0, 0.05) is 11.1 Å². The number of benzene rings is 3. The van der Waals surface area contributed by atoms with E-state index >= 15 is 0 Å². The van der Waals surface area contributed by atoms with Crippen molar-refractivity contribution in [2.24, 2.45) is 0 Å². The summed E-state index contributed by atoms with van der Waals surface area (Å²) >= 11 is 0. The summed E-state index contributed by atoms with van der Waals surface area (Å²) in [6.07, 6.45) is -0.656. The monoisotopic (exact) mass is 532 g/mol. The number of anilines is 1. The molecule has 3 rings (SSSR count). The zero-order chi connectivity index (χ0) is 29.7. The van der Waals surface area contributed by atoms with Crippen molar-refractivity contribution in [1.29, 1.82) is 0 Å². The number of aryl methyl sites for hydroxylation is 4. The van der Waals surface area contributed by atoms with Gasteiger partial charge in [0.05, 0.1) is 11.3 Å². The highest BCUT2D eigenvalue weighted by molar-refractivity contribution is 5.94. The number of aliphatic carboxylic acids is 1. The van der Waals surface area contributed by atoms with E-state index in [0.29, 0.717) is 23.2 Å². The van der Waals surface area contributed by atoms with Crippen molar-refractivity contribution in [3.63, 3.8) is 0 Å². The highest BCUT2D eigenvalue weighted by Crippen LogP contribution is 2.47. The maximum Gasteiger partial charge on any atom is 0.337 e. The highest BCUT2D eigenvalue weighted by atomic mass is 16.5. The van der Waals surface area contributed by atoms with Gasteiger partial charge < -0.3 is 9.84 Å². The van der Waals surface area contributed by atoms with Gasteiger partial charge in [-0.15, -0.1) is 0 Å². The molecule has 0 fully saturated rings. The van der Waals surface area contributed by atoms with E-state index in [1.54, 1.807) is 0 Å². The lowest BCUT2D eigenvalue weighted by Crippen LogP contribution is -2.29. The first-order valence-corrected chi connectivity index (χ1v) is 13.4. The van der Waals surface area contributed by atoms with E-state index in [9.17, 15) is 14.7 Å². The Bertz CT molecular complexity index is 1350. The van der Waals surface area contributed by atoms with E-state index in [1.807, 2.05) is 54.5 Å². The maximum absolute atomic E-state index is 12.7. The molecule has 3 aromatic carbocycles. The summed E-state index contributed by atoms with van der Waals surface area (Å²) in [6, 6.07) is 12.4. The molecule has 6 heteroatoms. The van der Waals surface area contributed by atoms with Gasteiger partial charge in [-0.05, 0) is 112 Å². The van der Waals surface area contributed by atoms with Crippen LogP contribution in [0.5, 0.6) is 0 Å². The normalized spacial score (nSPS) is 11.8. The molecule has 0 bridgehead atoms. The van der Waals surface area contributed by atoms with Gasteiger partial charge in [-0.2, -0.15) is 0 Å². The average molecular weight is 533 g/mol. The van der Waals surface area contributed by atoms with Crippen LogP contribution in [-0.2, 0) is 14.3 Å². The van der Waals surface area contributed by atoms with Gasteiger partial charge >= 0.3 is 5.97 Å². The number of carboxylic acids is 1. The SMILES string of the molecule is CC.Cc1ccc(-c2c(C)c(-c3ccc(C)c(C)c3)c(C(OC(C)(C)C)C(=O)O)c(C)c2NNC=O)cc1C. The number of hydrogen-bond acceptors (Lipinski definition) is 4. The van der Waals surface area contributed by atoms with E-state index in [2.05, 4.69) is 68.9 Å². The quantitative estimate of drug-likeness (QED) is 0.203. The molecule has 0 radical (unpaired) electrons. The second-order valence-corrected chi connectivity index (χ2v) is 10.7. The molecule has 1 amide bonds. The topological polar surface area (TPSA) is 87.7 Å². The molecule has 0 aromatic heterocycles. The summed E-state index contributed by atoms with van der Waals surface area (Å²) in [4.78, 5) is 24.0. The van der Waals surface area contributed by atoms with Crippen molar-refractivity contribution >= 4 is 18.1 Å². The molecule has 3 aromatic rings. The number of rotatable bonds is 8. The third-order valence-corrected chi connectivity index (χ3v) is 6.85. The standard InChI is InChI=1S/C31H38N2O4.C2H6/c1-17-10-12-23(14-19(17)3)25-21(5)26(24-13-11-18(2)20(4)15-24)28(33-32-16-34)22(6)27(25)29(30(35)36)37-31(7,8)9;1-2/h10-16,29,33H,1-9H3,(H,32,34)(H,35,36);1-2H3. The molecule has 1 unspecified atom stereocenters. The van der Waals surface area contributed by atoms with Gasteiger partial charge in [-0.25, -0.2) is 4.79 Å². The Balaban J connectivity index is 0.00000260. The molecular formula is C33H44N2O4. The van der Waals surface area contributed by atoms with Gasteiger partial charge in [-0.3, -0.25) is 15.6 Å². The Morgan fingerprint density at radius 3 is 1.72 bits per heavy atom. The highest BCUT2D eigenvalue weighted by Gasteiger charge is 2.34. The summed E-state index contributed by atoms with van der Waals surface area (Å²) in [5.74, 6) is -1.07. The molecule has 6 nitrogen and oxygen atoms in total. The van der Waals surface area contributed by atoms with Crippen molar-refractivity contribution in [2.75, 3.05) is 5.43 Å². The lowest BCUT2D eigenvalue weighted by atomic mass is 9.81. The molecule has 0 aliphatic carbocycles. The minimum atomic E-state index is -1.22. The van der Waals surface area contributed by atoms with Crippen LogP contribution in [0.2, 0.25) is 0 Å². The van der Waals surface area contributed by atoms with E-state index < -0.39 is 17.7 Å². The summed E-state index contributed by atoms with van der Waals surface area (Å²) in [6.45, 7) is 21.6. The minimum absolute atomic E-state index is 0.561. The molecule has 0 spiro atoms. The average Bonchev–Trinajstić information content (AvgIpc) is 2.87. The van der Waals surface area contributed by atoms with E-state index in [4.69, 9.17) is 4.74 Å². The van der Waals surface area contributed by atoms with Crippen LogP contribution in [0.15, 0.2) is 36.4 Å². The molecule has 210 valence electrons. The number of nitrogens with one attached hydrogen (secondary N) is 2. The number of hydrazine groups is 1. The van der Waals surface area contributed by atoms with Crippen molar-refractivity contribution in [1.82, 2.24) is 5.43 Å². The predicted octanol–water partition coefficient (Wildman–Crippen LogP) is 7.91. The lowest BCUT2D eigenvalue weighted by Gasteiger charge is -2.31. The molecule has 0 aliphatic heterocycles. The van der Waals surface area contributed by atoms with Crippen molar-refractivity contribution < 1.29 is 19.4 Å². The predicted molar refractivity (Wildman–Crippen MR) is 161 cm³/mol. The van der Waals surface area contributed by atoms with Gasteiger partial charge in [-0.1, -0.05) is 50.2 Å². The Labute approximate surface area is 233 Å². The Kier molecular flexibility index (Phi) is 10.5. The number of amides is 1. The lowest BCUT2D eigenvalue weighted by molar-refractivity contribution is -0.160. The Morgan fingerprint density at radius 1 is 0.821 bits per heavy atom. The van der Waals surface area contributed by atoms with Crippen LogP contribution in [0.3, 0.4) is 0 Å². The number of ether oxygens (including phenoxy) is 1. The number of carboxylic acid groups (broad SMARTS) is 1. The second kappa shape index (κ2) is 12.9. The molecule has 3 N–H and O–H groups in total. The molecule has 0 heterocycles. The first-order chi connectivity index (χ1) is 18.3. The third-order valence-electron chi connectivity index (χ3n) is 6.85. The van der Waals surface area contributed by atoms with Gasteiger partial charge in [0.15, 0.2) is 6.10 Å². The fraction of sp³-hybridized carbons (Fsp3) is 0.394. The zero-order valence-corrected chi connectivity index (χ0v) is 25.3. The third kappa shape index (κ3) is 7.07. The molecule has 1 atom stereocenters. The molecule has 39 heavy (non-hydrogen) atoms. The largest absolute Gasteiger partial charge is 0.479 e. The summed E-state index contributed by atoms with van der Waals surface area (Å²) in [5.41, 5.74) is 15.9. The van der Waals surface area contributed by atoms with Crippen LogP contribution in [-0.4, -0.2) is 23.1 Å². The minimum Gasteiger partial charge on any atom is -0.479 e. The van der Waals surface area contributed by atoms with Crippen LogP contribution in [0.1, 0.15) is 79.7 Å². The summed E-state index contributed by atoms with van der Waals surface area (Å²) in [7, 11) is 0. The number of hydrogen-bond donors (Lipinski definition) is 3. The fourth-order valence-corrected chi connectivity index (χ4v) is 4.72. The van der Waals surface area contributed by atoms with Crippen molar-refractivity contribution in [3.05, 3.63) is 75.3 Å². The van der Waals surface area contributed by atoms with Gasteiger partial charge in [0.1, 0.15) is 0 Å². The van der Waals surface area contributed by atoms with Gasteiger partial charge in [0.25, 0.3) is 0 Å². The second-order valence-electron chi connectivity index (χ2n) is 10.7. The van der Waals surface area contributed by atoms with Crippen LogP contribution >= 0.6 is 0 Å². The van der Waals surface area contributed by atoms with Gasteiger partial charge in [0.2, 0.25) is 6.41 Å². The summed E-state index contributed by atoms with van der Waals surface area (Å²) in [5, 5.41) is 10.4. The van der Waals surface area contributed by atoms with Crippen molar-refractivity contribution in [3.8, 4) is 22.3 Å². The van der Waals surface area contributed by atoms with Crippen LogP contribution in [0, 0.1) is 41.5 Å². The first-order valence-electron chi connectivity index (χ1n) is 13.4. The number of carbonyl (C=O) groups is 2. The molecule has 0 saturated heterocycles. The smallest absolute Gasteiger partial charge is 0.337 e. The van der Waals surface area contributed by atoms with E-state index in [0.717, 1.165) is 44.5 Å². The zero-order valence-electron chi connectivity index (χ0n) is 25.3.